The lowest BCUT2D eigenvalue weighted by Crippen LogP contribution is -2.32. The van der Waals surface area contributed by atoms with E-state index in [2.05, 4.69) is 15.3 Å². The van der Waals surface area contributed by atoms with E-state index in [1.165, 1.54) is 19.3 Å². The molecule has 0 aliphatic heterocycles. The number of nitrogens with one attached hydrogen (secondary N) is 2. The molecule has 1 aliphatic carbocycles. The molecule has 1 fully saturated rings. The highest BCUT2D eigenvalue weighted by Gasteiger charge is 2.19. The topological polar surface area (TPSA) is 79.9 Å². The van der Waals surface area contributed by atoms with Crippen LogP contribution in [0, 0.1) is 0 Å². The van der Waals surface area contributed by atoms with Gasteiger partial charge in [0.25, 0.3) is 0 Å². The second-order valence-electron chi connectivity index (χ2n) is 6.17. The molecule has 0 atom stereocenters. The molecular formula is C16H22N4O2. The molecule has 6 heteroatoms. The number of nitrogens with zero attached hydrogens (tertiary/aromatic N) is 2. The zero-order chi connectivity index (χ0) is 15.5. The van der Waals surface area contributed by atoms with Crippen LogP contribution in [-0.4, -0.2) is 27.1 Å². The third kappa shape index (κ3) is 3.21. The summed E-state index contributed by atoms with van der Waals surface area (Å²) in [5.41, 5.74) is 2.27. The lowest BCUT2D eigenvalue weighted by molar-refractivity contribution is 0.198. The Hall–Kier alpha value is -2.11. The molecule has 0 spiro atoms. The van der Waals surface area contributed by atoms with Gasteiger partial charge in [0.15, 0.2) is 16.9 Å². The van der Waals surface area contributed by atoms with E-state index in [-0.39, 0.29) is 6.04 Å². The number of hydrogen-bond acceptors (Lipinski definition) is 4. The van der Waals surface area contributed by atoms with Gasteiger partial charge < -0.3 is 15.0 Å². The highest BCUT2D eigenvalue weighted by Crippen LogP contribution is 2.33. The average molecular weight is 302 g/mol. The maximum Gasteiger partial charge on any atom is 0.412 e. The van der Waals surface area contributed by atoms with Gasteiger partial charge in [0.2, 0.25) is 0 Å². The number of H-pyrrole nitrogens is 1. The van der Waals surface area contributed by atoms with Gasteiger partial charge in [0.05, 0.1) is 11.9 Å². The molecule has 3 rings (SSSR count). The fourth-order valence-electron chi connectivity index (χ4n) is 2.92. The van der Waals surface area contributed by atoms with Crippen LogP contribution in [0.2, 0.25) is 0 Å². The highest BCUT2D eigenvalue weighted by molar-refractivity contribution is 5.82. The second-order valence-corrected chi connectivity index (χ2v) is 6.17. The largest absolute Gasteiger partial charge is 0.412 e. The van der Waals surface area contributed by atoms with Gasteiger partial charge in [-0.25, -0.2) is 14.8 Å². The Labute approximate surface area is 129 Å². The van der Waals surface area contributed by atoms with Crippen molar-refractivity contribution >= 4 is 17.3 Å². The first-order valence-corrected chi connectivity index (χ1v) is 7.96. The summed E-state index contributed by atoms with van der Waals surface area (Å²) in [5, 5.41) is 2.70. The van der Waals surface area contributed by atoms with Crippen molar-refractivity contribution in [2.75, 3.05) is 0 Å². The average Bonchev–Trinajstić information content (AvgIpc) is 2.89. The number of aromatic amines is 1. The Bertz CT molecular complexity index is 659. The normalized spacial score (nSPS) is 16.1. The lowest BCUT2D eigenvalue weighted by Gasteiger charge is -2.20. The summed E-state index contributed by atoms with van der Waals surface area (Å²) in [4.78, 5) is 23.9. The van der Waals surface area contributed by atoms with Crippen molar-refractivity contribution in [2.45, 2.75) is 57.9 Å². The molecule has 1 amide bonds. The minimum absolute atomic E-state index is 0.0292. The van der Waals surface area contributed by atoms with Crippen LogP contribution >= 0.6 is 0 Å². The molecule has 2 aromatic heterocycles. The maximum atomic E-state index is 11.8. The van der Waals surface area contributed by atoms with Crippen LogP contribution in [0.25, 0.3) is 11.2 Å². The van der Waals surface area contributed by atoms with Gasteiger partial charge in [-0.3, -0.25) is 0 Å². The van der Waals surface area contributed by atoms with Crippen molar-refractivity contribution < 1.29 is 9.53 Å². The van der Waals surface area contributed by atoms with E-state index < -0.39 is 6.09 Å². The quantitative estimate of drug-likeness (QED) is 0.909. The van der Waals surface area contributed by atoms with Crippen molar-refractivity contribution in [2.24, 2.45) is 0 Å². The number of aromatic nitrogens is 3. The van der Waals surface area contributed by atoms with E-state index in [1.54, 1.807) is 6.20 Å². The number of carbonyl (C=O) groups is 1. The molecule has 0 aromatic carbocycles. The SMILES string of the molecule is CC(C)NC(=O)Oc1c[nH]c2ncc(C3CCCCC3)nc12. The molecule has 0 radical (unpaired) electrons. The van der Waals surface area contributed by atoms with Crippen molar-refractivity contribution in [1.29, 1.82) is 0 Å². The van der Waals surface area contributed by atoms with Gasteiger partial charge in [-0.15, -0.1) is 0 Å². The molecule has 22 heavy (non-hydrogen) atoms. The van der Waals surface area contributed by atoms with E-state index in [0.29, 0.717) is 22.8 Å². The van der Waals surface area contributed by atoms with Crippen LogP contribution in [-0.2, 0) is 0 Å². The molecule has 0 saturated heterocycles. The first-order valence-electron chi connectivity index (χ1n) is 7.96. The zero-order valence-corrected chi connectivity index (χ0v) is 13.1. The van der Waals surface area contributed by atoms with Gasteiger partial charge in [0.1, 0.15) is 0 Å². The summed E-state index contributed by atoms with van der Waals surface area (Å²) in [7, 11) is 0. The Kier molecular flexibility index (Phi) is 4.27. The second kappa shape index (κ2) is 6.34. The van der Waals surface area contributed by atoms with Gasteiger partial charge >= 0.3 is 6.09 Å². The first kappa shape index (κ1) is 14.8. The molecule has 2 N–H and O–H groups in total. The van der Waals surface area contributed by atoms with Gasteiger partial charge in [-0.1, -0.05) is 19.3 Å². The predicted molar refractivity (Wildman–Crippen MR) is 84.0 cm³/mol. The number of rotatable bonds is 3. The first-order chi connectivity index (χ1) is 10.6. The lowest BCUT2D eigenvalue weighted by atomic mass is 9.87. The zero-order valence-electron chi connectivity index (χ0n) is 13.1. The fourth-order valence-corrected chi connectivity index (χ4v) is 2.92. The molecule has 1 aliphatic rings. The van der Waals surface area contributed by atoms with E-state index in [0.717, 1.165) is 18.5 Å². The highest BCUT2D eigenvalue weighted by atomic mass is 16.6. The van der Waals surface area contributed by atoms with Crippen molar-refractivity contribution in [3.63, 3.8) is 0 Å². The van der Waals surface area contributed by atoms with Crippen molar-refractivity contribution in [3.8, 4) is 5.75 Å². The fraction of sp³-hybridized carbons (Fsp3) is 0.562. The van der Waals surface area contributed by atoms with Crippen LogP contribution < -0.4 is 10.1 Å². The smallest absolute Gasteiger partial charge is 0.406 e. The Morgan fingerprint density at radius 2 is 2.14 bits per heavy atom. The van der Waals surface area contributed by atoms with E-state index in [1.807, 2.05) is 20.0 Å². The molecule has 0 bridgehead atoms. The van der Waals surface area contributed by atoms with Crippen molar-refractivity contribution in [1.82, 2.24) is 20.3 Å². The number of amides is 1. The van der Waals surface area contributed by atoms with Crippen LogP contribution in [0.1, 0.15) is 57.6 Å². The summed E-state index contributed by atoms with van der Waals surface area (Å²) < 4.78 is 5.34. The van der Waals surface area contributed by atoms with E-state index in [4.69, 9.17) is 9.72 Å². The molecular weight excluding hydrogens is 280 g/mol. The maximum absolute atomic E-state index is 11.8. The van der Waals surface area contributed by atoms with Crippen LogP contribution in [0.5, 0.6) is 5.75 Å². The molecule has 0 unspecified atom stereocenters. The summed E-state index contributed by atoms with van der Waals surface area (Å²) in [6.07, 6.45) is 9.13. The Morgan fingerprint density at radius 3 is 2.86 bits per heavy atom. The Balaban J connectivity index is 1.83. The predicted octanol–water partition coefficient (Wildman–Crippen LogP) is 3.50. The molecule has 6 nitrogen and oxygen atoms in total. The molecule has 118 valence electrons. The van der Waals surface area contributed by atoms with Crippen LogP contribution in [0.3, 0.4) is 0 Å². The van der Waals surface area contributed by atoms with E-state index >= 15 is 0 Å². The van der Waals surface area contributed by atoms with Gasteiger partial charge in [-0.2, -0.15) is 0 Å². The summed E-state index contributed by atoms with van der Waals surface area (Å²) >= 11 is 0. The summed E-state index contributed by atoms with van der Waals surface area (Å²) in [6, 6.07) is 0.0292. The number of hydrogen-bond donors (Lipinski definition) is 2. The number of fused-ring (bicyclic) bond motifs is 1. The molecule has 2 heterocycles. The molecule has 1 saturated carbocycles. The minimum Gasteiger partial charge on any atom is -0.406 e. The van der Waals surface area contributed by atoms with Crippen LogP contribution in [0.4, 0.5) is 4.79 Å². The van der Waals surface area contributed by atoms with Crippen molar-refractivity contribution in [3.05, 3.63) is 18.1 Å². The molecule has 2 aromatic rings. The third-order valence-electron chi connectivity index (χ3n) is 4.00. The van der Waals surface area contributed by atoms with Gasteiger partial charge in [-0.05, 0) is 26.7 Å². The number of ether oxygens (including phenoxy) is 1. The third-order valence-corrected chi connectivity index (χ3v) is 4.00. The van der Waals surface area contributed by atoms with E-state index in [9.17, 15) is 4.79 Å². The standard InChI is InChI=1S/C16H22N4O2/c1-10(2)19-16(21)22-13-9-18-15-14(13)20-12(8-17-15)11-6-4-3-5-7-11/h8-11H,3-7H2,1-2H3,(H,17,18)(H,19,21). The number of carbonyl (C=O) groups excluding carboxylic acids is 1. The summed E-state index contributed by atoms with van der Waals surface area (Å²) in [5.74, 6) is 0.899. The Morgan fingerprint density at radius 1 is 1.36 bits per heavy atom. The minimum atomic E-state index is -0.472. The van der Waals surface area contributed by atoms with Gasteiger partial charge in [0, 0.05) is 18.2 Å². The summed E-state index contributed by atoms with van der Waals surface area (Å²) in [6.45, 7) is 3.77. The monoisotopic (exact) mass is 302 g/mol. The van der Waals surface area contributed by atoms with Crippen LogP contribution in [0.15, 0.2) is 12.4 Å².